The highest BCUT2D eigenvalue weighted by Gasteiger charge is 2.05. The van der Waals surface area contributed by atoms with E-state index >= 15 is 0 Å². The van der Waals surface area contributed by atoms with Crippen molar-refractivity contribution < 1.29 is 4.79 Å². The van der Waals surface area contributed by atoms with E-state index in [2.05, 4.69) is 13.8 Å². The van der Waals surface area contributed by atoms with Crippen LogP contribution in [-0.4, -0.2) is 6.29 Å². The van der Waals surface area contributed by atoms with E-state index in [0.717, 1.165) is 12.8 Å². The zero-order valence-corrected chi connectivity index (χ0v) is 10.6. The van der Waals surface area contributed by atoms with Gasteiger partial charge in [0.05, 0.1) is 0 Å². The number of carbonyl (C=O) groups excluding carboxylic acids is 1. The Hall–Kier alpha value is -0.330. The van der Waals surface area contributed by atoms with E-state index < -0.39 is 0 Å². The lowest BCUT2D eigenvalue weighted by atomic mass is 9.96. The molecule has 0 rings (SSSR count). The van der Waals surface area contributed by atoms with Gasteiger partial charge in [-0.1, -0.05) is 65.2 Å². The van der Waals surface area contributed by atoms with Crippen LogP contribution in [0.1, 0.15) is 78.1 Å². The van der Waals surface area contributed by atoms with Gasteiger partial charge in [-0.05, 0) is 12.8 Å². The van der Waals surface area contributed by atoms with Gasteiger partial charge in [-0.15, -0.1) is 0 Å². The summed E-state index contributed by atoms with van der Waals surface area (Å²) in [7, 11) is 0. The topological polar surface area (TPSA) is 17.1 Å². The van der Waals surface area contributed by atoms with Gasteiger partial charge in [0.25, 0.3) is 0 Å². The number of carbonyl (C=O) groups is 1. The van der Waals surface area contributed by atoms with Gasteiger partial charge in [-0.2, -0.15) is 0 Å². The first-order valence-electron chi connectivity index (χ1n) is 6.80. The Morgan fingerprint density at radius 3 is 1.80 bits per heavy atom. The third-order valence-corrected chi connectivity index (χ3v) is 3.05. The number of hydrogen-bond donors (Lipinski definition) is 0. The van der Waals surface area contributed by atoms with Gasteiger partial charge in [-0.3, -0.25) is 0 Å². The van der Waals surface area contributed by atoms with E-state index in [9.17, 15) is 4.79 Å². The maximum Gasteiger partial charge on any atom is 0.123 e. The average Bonchev–Trinajstić information content (AvgIpc) is 2.26. The molecule has 0 aromatic heterocycles. The van der Waals surface area contributed by atoms with Crippen LogP contribution in [0.4, 0.5) is 0 Å². The van der Waals surface area contributed by atoms with Crippen molar-refractivity contribution in [3.05, 3.63) is 0 Å². The minimum absolute atomic E-state index is 0.346. The van der Waals surface area contributed by atoms with E-state index in [0.29, 0.717) is 5.92 Å². The second-order valence-corrected chi connectivity index (χ2v) is 4.59. The molecule has 0 saturated heterocycles. The first kappa shape index (κ1) is 14.7. The molecule has 0 radical (unpaired) electrons. The Kier molecular flexibility index (Phi) is 11.5. The highest BCUT2D eigenvalue weighted by atomic mass is 16.1. The maximum atomic E-state index is 10.8. The van der Waals surface area contributed by atoms with Gasteiger partial charge in [0.15, 0.2) is 0 Å². The van der Waals surface area contributed by atoms with Crippen molar-refractivity contribution in [2.24, 2.45) is 5.92 Å². The summed E-state index contributed by atoms with van der Waals surface area (Å²) in [4.78, 5) is 10.8. The third-order valence-electron chi connectivity index (χ3n) is 3.05. The Balaban J connectivity index is 3.32. The van der Waals surface area contributed by atoms with Gasteiger partial charge in [0, 0.05) is 5.92 Å². The fourth-order valence-electron chi connectivity index (χ4n) is 1.95. The van der Waals surface area contributed by atoms with Crippen LogP contribution in [0.2, 0.25) is 0 Å². The minimum Gasteiger partial charge on any atom is -0.303 e. The molecule has 0 N–H and O–H groups in total. The second-order valence-electron chi connectivity index (χ2n) is 4.59. The van der Waals surface area contributed by atoms with Crippen LogP contribution in [0, 0.1) is 5.92 Å². The molecule has 1 nitrogen and oxygen atoms in total. The molecule has 0 amide bonds. The van der Waals surface area contributed by atoms with E-state index in [4.69, 9.17) is 0 Å². The van der Waals surface area contributed by atoms with Crippen molar-refractivity contribution in [2.75, 3.05) is 0 Å². The average molecular weight is 212 g/mol. The summed E-state index contributed by atoms with van der Waals surface area (Å²) in [6, 6.07) is 0. The predicted octanol–water partition coefficient (Wildman–Crippen LogP) is 4.74. The molecule has 0 saturated carbocycles. The highest BCUT2D eigenvalue weighted by molar-refractivity contribution is 5.53. The standard InChI is InChI=1S/C14H28O/c1-3-5-7-8-10-12-14(13-15)11-9-6-4-2/h13-14H,3-12H2,1-2H3. The molecule has 0 bridgehead atoms. The number of rotatable bonds is 11. The van der Waals surface area contributed by atoms with Crippen molar-refractivity contribution in [3.63, 3.8) is 0 Å². The Morgan fingerprint density at radius 1 is 0.800 bits per heavy atom. The Bertz CT molecular complexity index is 131. The van der Waals surface area contributed by atoms with E-state index in [-0.39, 0.29) is 0 Å². The molecule has 1 atom stereocenters. The van der Waals surface area contributed by atoms with Gasteiger partial charge in [0.1, 0.15) is 6.29 Å². The smallest absolute Gasteiger partial charge is 0.123 e. The normalized spacial score (nSPS) is 12.7. The molecule has 0 aliphatic heterocycles. The Morgan fingerprint density at radius 2 is 1.27 bits per heavy atom. The van der Waals surface area contributed by atoms with Crippen LogP contribution in [-0.2, 0) is 4.79 Å². The molecule has 15 heavy (non-hydrogen) atoms. The molecule has 0 aromatic carbocycles. The lowest BCUT2D eigenvalue weighted by molar-refractivity contribution is -0.111. The summed E-state index contributed by atoms with van der Waals surface area (Å²) in [5.41, 5.74) is 0. The molecule has 0 aromatic rings. The van der Waals surface area contributed by atoms with Gasteiger partial charge < -0.3 is 4.79 Å². The van der Waals surface area contributed by atoms with Crippen molar-refractivity contribution in [1.82, 2.24) is 0 Å². The molecule has 0 aliphatic carbocycles. The maximum absolute atomic E-state index is 10.8. The lowest BCUT2D eigenvalue weighted by Crippen LogP contribution is -2.01. The van der Waals surface area contributed by atoms with Gasteiger partial charge >= 0.3 is 0 Å². The molecule has 0 aliphatic rings. The fourth-order valence-corrected chi connectivity index (χ4v) is 1.95. The van der Waals surface area contributed by atoms with Crippen LogP contribution >= 0.6 is 0 Å². The molecular weight excluding hydrogens is 184 g/mol. The third kappa shape index (κ3) is 9.96. The molecule has 0 heterocycles. The second kappa shape index (κ2) is 11.7. The van der Waals surface area contributed by atoms with Crippen molar-refractivity contribution in [2.45, 2.75) is 78.1 Å². The van der Waals surface area contributed by atoms with Crippen LogP contribution < -0.4 is 0 Å². The van der Waals surface area contributed by atoms with Crippen LogP contribution in [0.5, 0.6) is 0 Å². The van der Waals surface area contributed by atoms with E-state index in [1.807, 2.05) is 0 Å². The van der Waals surface area contributed by atoms with Crippen LogP contribution in [0.3, 0.4) is 0 Å². The zero-order valence-electron chi connectivity index (χ0n) is 10.6. The molecule has 0 spiro atoms. The quantitative estimate of drug-likeness (QED) is 0.357. The summed E-state index contributed by atoms with van der Waals surface area (Å²) in [6.07, 6.45) is 13.7. The van der Waals surface area contributed by atoms with Crippen LogP contribution in [0.25, 0.3) is 0 Å². The number of hydrogen-bond acceptors (Lipinski definition) is 1. The molecular formula is C14H28O. The number of aldehydes is 1. The van der Waals surface area contributed by atoms with E-state index in [1.165, 1.54) is 57.7 Å². The minimum atomic E-state index is 0.346. The molecule has 1 unspecified atom stereocenters. The predicted molar refractivity (Wildman–Crippen MR) is 67.1 cm³/mol. The lowest BCUT2D eigenvalue weighted by Gasteiger charge is -2.09. The summed E-state index contributed by atoms with van der Waals surface area (Å²) < 4.78 is 0. The fraction of sp³-hybridized carbons (Fsp3) is 0.929. The zero-order chi connectivity index (χ0) is 11.4. The first-order chi connectivity index (χ1) is 7.35. The highest BCUT2D eigenvalue weighted by Crippen LogP contribution is 2.16. The molecule has 0 fully saturated rings. The summed E-state index contributed by atoms with van der Waals surface area (Å²) in [5, 5.41) is 0. The summed E-state index contributed by atoms with van der Waals surface area (Å²) in [5.74, 6) is 0.346. The van der Waals surface area contributed by atoms with Gasteiger partial charge in [-0.25, -0.2) is 0 Å². The number of unbranched alkanes of at least 4 members (excludes halogenated alkanes) is 6. The van der Waals surface area contributed by atoms with Crippen molar-refractivity contribution in [3.8, 4) is 0 Å². The SMILES string of the molecule is CCCCCCCC(C=O)CCCCC. The molecule has 90 valence electrons. The van der Waals surface area contributed by atoms with Gasteiger partial charge in [0.2, 0.25) is 0 Å². The summed E-state index contributed by atoms with van der Waals surface area (Å²) in [6.45, 7) is 4.44. The van der Waals surface area contributed by atoms with Crippen molar-refractivity contribution >= 4 is 6.29 Å². The van der Waals surface area contributed by atoms with Crippen LogP contribution in [0.15, 0.2) is 0 Å². The molecule has 1 heteroatoms. The largest absolute Gasteiger partial charge is 0.303 e. The first-order valence-corrected chi connectivity index (χ1v) is 6.80. The summed E-state index contributed by atoms with van der Waals surface area (Å²) >= 11 is 0. The Labute approximate surface area is 95.6 Å². The van der Waals surface area contributed by atoms with Crippen molar-refractivity contribution in [1.29, 1.82) is 0 Å². The monoisotopic (exact) mass is 212 g/mol. The van der Waals surface area contributed by atoms with E-state index in [1.54, 1.807) is 0 Å².